The first kappa shape index (κ1) is 30.5. The highest BCUT2D eigenvalue weighted by molar-refractivity contribution is 7.92. The Morgan fingerprint density at radius 3 is 2.25 bits per heavy atom. The van der Waals surface area contributed by atoms with Gasteiger partial charge in [-0.1, -0.05) is 45.2 Å². The first-order valence-electron chi connectivity index (χ1n) is 12.9. The standard InChI is InChI=1S/C28H33N5O6S/c1-4-6-7-19(5-2)17-33-26(34)24(16-29)18(3)25(27(33)35)31-30-21-12-14-23(15-13-21)40(38,39)32-22-10-8-20(9-11-22)28(36)37/h8-15,19,28,32,34,36-37H,4-7,17H2,1-3H3. The van der Waals surface area contributed by atoms with Crippen LogP contribution in [0.15, 0.2) is 68.4 Å². The van der Waals surface area contributed by atoms with Gasteiger partial charge in [-0.2, -0.15) is 10.4 Å². The summed E-state index contributed by atoms with van der Waals surface area (Å²) < 4.78 is 29.1. The third-order valence-corrected chi connectivity index (χ3v) is 8.02. The second-order valence-corrected chi connectivity index (χ2v) is 11.1. The highest BCUT2D eigenvalue weighted by atomic mass is 32.2. The summed E-state index contributed by atoms with van der Waals surface area (Å²) in [6.45, 7) is 5.86. The summed E-state index contributed by atoms with van der Waals surface area (Å²) in [6.07, 6.45) is 2.02. The summed E-state index contributed by atoms with van der Waals surface area (Å²) in [4.78, 5) is 13.2. The third kappa shape index (κ3) is 7.12. The molecule has 4 N–H and O–H groups in total. The Morgan fingerprint density at radius 1 is 1.05 bits per heavy atom. The summed E-state index contributed by atoms with van der Waals surface area (Å²) in [5.41, 5.74) is 0.247. The first-order chi connectivity index (χ1) is 19.0. The molecule has 1 atom stereocenters. The van der Waals surface area contributed by atoms with Crippen LogP contribution in [-0.2, 0) is 16.6 Å². The third-order valence-electron chi connectivity index (χ3n) is 6.63. The molecule has 0 aliphatic rings. The molecule has 2 aromatic carbocycles. The number of nitriles is 1. The fourth-order valence-corrected chi connectivity index (χ4v) is 5.20. The number of azo groups is 1. The van der Waals surface area contributed by atoms with E-state index < -0.39 is 21.9 Å². The smallest absolute Gasteiger partial charge is 0.281 e. The van der Waals surface area contributed by atoms with Gasteiger partial charge in [-0.3, -0.25) is 14.1 Å². The molecule has 3 rings (SSSR count). The molecule has 1 heterocycles. The topological polar surface area (TPSA) is 177 Å². The maximum absolute atomic E-state index is 13.3. The molecule has 0 radical (unpaired) electrons. The zero-order chi connectivity index (χ0) is 29.4. The first-order valence-corrected chi connectivity index (χ1v) is 14.4. The SMILES string of the molecule is CCCCC(CC)Cn1c(O)c(C#N)c(C)c(N=Nc2ccc(S(=O)(=O)Nc3ccc(C(O)O)cc3)cc2)c1=O. The van der Waals surface area contributed by atoms with Crippen molar-refractivity contribution < 1.29 is 23.7 Å². The van der Waals surface area contributed by atoms with Crippen LogP contribution < -0.4 is 10.3 Å². The average Bonchev–Trinajstić information content (AvgIpc) is 2.93. The Labute approximate surface area is 233 Å². The molecule has 40 heavy (non-hydrogen) atoms. The summed E-state index contributed by atoms with van der Waals surface area (Å²) >= 11 is 0. The van der Waals surface area contributed by atoms with Gasteiger partial charge in [0, 0.05) is 23.4 Å². The zero-order valence-electron chi connectivity index (χ0n) is 22.6. The number of aromatic hydroxyl groups is 1. The van der Waals surface area contributed by atoms with Crippen LogP contribution in [0.2, 0.25) is 0 Å². The van der Waals surface area contributed by atoms with Crippen LogP contribution >= 0.6 is 0 Å². The number of anilines is 1. The van der Waals surface area contributed by atoms with E-state index in [1.165, 1.54) is 60.0 Å². The van der Waals surface area contributed by atoms with E-state index in [2.05, 4.69) is 21.9 Å². The van der Waals surface area contributed by atoms with Crippen LogP contribution in [0.5, 0.6) is 5.88 Å². The molecule has 1 unspecified atom stereocenters. The normalized spacial score (nSPS) is 12.5. The molecular formula is C28H33N5O6S. The Bertz CT molecular complexity index is 1560. The lowest BCUT2D eigenvalue weighted by atomic mass is 9.99. The number of aliphatic hydroxyl groups excluding tert-OH is 1. The van der Waals surface area contributed by atoms with Gasteiger partial charge in [-0.05, 0) is 55.7 Å². The fourth-order valence-electron chi connectivity index (χ4n) is 4.14. The van der Waals surface area contributed by atoms with Crippen molar-refractivity contribution in [2.24, 2.45) is 16.1 Å². The molecule has 3 aromatic rings. The van der Waals surface area contributed by atoms with E-state index in [1.807, 2.05) is 13.0 Å². The van der Waals surface area contributed by atoms with Crippen molar-refractivity contribution in [2.45, 2.75) is 64.2 Å². The minimum atomic E-state index is -3.95. The van der Waals surface area contributed by atoms with E-state index in [9.17, 15) is 33.8 Å². The minimum Gasteiger partial charge on any atom is -0.493 e. The predicted molar refractivity (Wildman–Crippen MR) is 150 cm³/mol. The number of hydrogen-bond acceptors (Lipinski definition) is 9. The van der Waals surface area contributed by atoms with Crippen LogP contribution in [-0.4, -0.2) is 28.3 Å². The molecule has 0 spiro atoms. The number of sulfonamides is 1. The summed E-state index contributed by atoms with van der Waals surface area (Å²) in [7, 11) is -3.95. The molecule has 212 valence electrons. The van der Waals surface area contributed by atoms with Crippen LogP contribution in [0.4, 0.5) is 17.1 Å². The molecule has 0 aliphatic heterocycles. The molecule has 0 fully saturated rings. The van der Waals surface area contributed by atoms with E-state index >= 15 is 0 Å². The lowest BCUT2D eigenvalue weighted by Gasteiger charge is -2.19. The summed E-state index contributed by atoms with van der Waals surface area (Å²) in [5, 5.41) is 46.8. The van der Waals surface area contributed by atoms with Crippen molar-refractivity contribution in [1.29, 1.82) is 5.26 Å². The van der Waals surface area contributed by atoms with Gasteiger partial charge in [0.1, 0.15) is 11.6 Å². The van der Waals surface area contributed by atoms with Gasteiger partial charge >= 0.3 is 0 Å². The minimum absolute atomic E-state index is 0.0482. The van der Waals surface area contributed by atoms with Crippen LogP contribution in [0, 0.1) is 24.2 Å². The van der Waals surface area contributed by atoms with Crippen LogP contribution in [0.3, 0.4) is 0 Å². The highest BCUT2D eigenvalue weighted by Crippen LogP contribution is 2.29. The molecule has 0 aliphatic carbocycles. The maximum Gasteiger partial charge on any atom is 0.281 e. The average molecular weight is 568 g/mol. The van der Waals surface area contributed by atoms with Gasteiger partial charge < -0.3 is 15.3 Å². The number of rotatable bonds is 12. The lowest BCUT2D eigenvalue weighted by molar-refractivity contribution is -0.0424. The lowest BCUT2D eigenvalue weighted by Crippen LogP contribution is -2.25. The van der Waals surface area contributed by atoms with Crippen molar-refractivity contribution in [2.75, 3.05) is 4.72 Å². The molecule has 1 aromatic heterocycles. The number of nitrogens with zero attached hydrogens (tertiary/aromatic N) is 4. The molecule has 12 heteroatoms. The largest absolute Gasteiger partial charge is 0.493 e. The monoisotopic (exact) mass is 567 g/mol. The van der Waals surface area contributed by atoms with Crippen molar-refractivity contribution in [3.63, 3.8) is 0 Å². The van der Waals surface area contributed by atoms with Crippen LogP contribution in [0.1, 0.15) is 62.5 Å². The Morgan fingerprint density at radius 2 is 1.70 bits per heavy atom. The molecule has 0 saturated carbocycles. The second kappa shape index (κ2) is 13.3. The number of unbranched alkanes of at least 4 members (excludes halogenated alkanes) is 1. The van der Waals surface area contributed by atoms with Crippen LogP contribution in [0.25, 0.3) is 0 Å². The van der Waals surface area contributed by atoms with Gasteiger partial charge in [0.05, 0.1) is 10.6 Å². The predicted octanol–water partition coefficient (Wildman–Crippen LogP) is 5.15. The molecule has 0 amide bonds. The van der Waals surface area contributed by atoms with Crippen molar-refractivity contribution in [3.8, 4) is 11.9 Å². The van der Waals surface area contributed by atoms with E-state index in [0.29, 0.717) is 0 Å². The number of pyridine rings is 1. The number of hydrogen-bond donors (Lipinski definition) is 4. The zero-order valence-corrected chi connectivity index (χ0v) is 23.4. The molecule has 11 nitrogen and oxygen atoms in total. The van der Waals surface area contributed by atoms with Gasteiger partial charge in [-0.25, -0.2) is 8.42 Å². The molecule has 0 bridgehead atoms. The van der Waals surface area contributed by atoms with Gasteiger partial charge in [-0.15, -0.1) is 5.11 Å². The fraction of sp³-hybridized carbons (Fsp3) is 0.357. The molecular weight excluding hydrogens is 534 g/mol. The van der Waals surface area contributed by atoms with E-state index in [0.717, 1.165) is 25.7 Å². The van der Waals surface area contributed by atoms with Gasteiger partial charge in [0.15, 0.2) is 12.0 Å². The number of nitrogens with one attached hydrogen (secondary N) is 1. The quantitative estimate of drug-likeness (QED) is 0.173. The number of aromatic nitrogens is 1. The van der Waals surface area contributed by atoms with E-state index in [1.54, 1.807) is 0 Å². The maximum atomic E-state index is 13.3. The van der Waals surface area contributed by atoms with Gasteiger partial charge in [0.25, 0.3) is 15.6 Å². The van der Waals surface area contributed by atoms with Gasteiger partial charge in [0.2, 0.25) is 5.88 Å². The summed E-state index contributed by atoms with van der Waals surface area (Å²) in [6, 6.07) is 13.0. The second-order valence-electron chi connectivity index (χ2n) is 9.41. The Hall–Kier alpha value is -4.05. The highest BCUT2D eigenvalue weighted by Gasteiger charge is 2.21. The van der Waals surface area contributed by atoms with Crippen molar-refractivity contribution in [3.05, 3.63) is 75.6 Å². The van der Waals surface area contributed by atoms with E-state index in [-0.39, 0.29) is 57.0 Å². The molecule has 0 saturated heterocycles. The number of aliphatic hydroxyl groups is 2. The number of benzene rings is 2. The Balaban J connectivity index is 1.86. The van der Waals surface area contributed by atoms with Crippen molar-refractivity contribution in [1.82, 2.24) is 4.57 Å². The van der Waals surface area contributed by atoms with Crippen molar-refractivity contribution >= 4 is 27.1 Å². The Kier molecular flexibility index (Phi) is 10.2. The van der Waals surface area contributed by atoms with E-state index in [4.69, 9.17) is 0 Å². The summed E-state index contributed by atoms with van der Waals surface area (Å²) in [5.74, 6) is -0.243.